The van der Waals surface area contributed by atoms with Crippen LogP contribution in [0.1, 0.15) is 306 Å². The maximum absolute atomic E-state index is 12.2. The summed E-state index contributed by atoms with van der Waals surface area (Å²) in [5.74, 6) is -3.42. The van der Waals surface area contributed by atoms with Gasteiger partial charge in [-0.15, -0.1) is 0 Å². The van der Waals surface area contributed by atoms with Crippen molar-refractivity contribution < 1.29 is 75.6 Å². The topological polar surface area (TPSA) is 243 Å². The molecule has 0 amide bonds. The van der Waals surface area contributed by atoms with E-state index in [4.69, 9.17) is 28.8 Å². The predicted octanol–water partition coefficient (Wildman–Crippen LogP) is 15.3. The summed E-state index contributed by atoms with van der Waals surface area (Å²) in [6.45, 7) is 16.1. The molecule has 0 bridgehead atoms. The van der Waals surface area contributed by atoms with E-state index in [9.17, 15) is 46.8 Å². The molecule has 4 atom stereocenters. The molecular weight excluding hydrogens is 1080 g/mol. The first kappa shape index (κ1) is 85.9. The number of unbranched alkanes of at least 4 members (excludes halogenated alkanes) is 24. The predicted molar refractivity (Wildman–Crippen MR) is 331 cm³/mol. The SMILES string of the molecule is CCCCC(CC)COC(=O)CC(C(=O)OCC(CC)CCCC)S(=O)(=O)O.CCCCCCCC/C=C\CCCCCCCC(=O)OC(CO)COC(=O)CCCCC(=O)O.CCCCCCCCCCCCCC(=O)OC(C)C.[NaH]. The first-order valence-electron chi connectivity index (χ1n) is 32.2. The van der Waals surface area contributed by atoms with Crippen LogP contribution in [0.2, 0.25) is 0 Å². The fraction of sp³-hybridized carbons (Fsp3) is 0.875. The minimum atomic E-state index is -4.76. The molecule has 0 aliphatic rings. The number of hydrogen-bond donors (Lipinski definition) is 3. The third kappa shape index (κ3) is 62.0. The van der Waals surface area contributed by atoms with Gasteiger partial charge in [-0.25, -0.2) is 0 Å². The van der Waals surface area contributed by atoms with Gasteiger partial charge in [-0.1, -0.05) is 208 Å². The molecule has 0 radical (unpaired) electrons. The molecule has 0 heterocycles. The summed E-state index contributed by atoms with van der Waals surface area (Å²) in [6, 6.07) is 0. The van der Waals surface area contributed by atoms with Crippen molar-refractivity contribution in [3.8, 4) is 0 Å². The molecule has 0 spiro atoms. The molecule has 0 aromatic carbocycles. The first-order chi connectivity index (χ1) is 38.8. The van der Waals surface area contributed by atoms with Gasteiger partial charge >= 0.3 is 65.4 Å². The van der Waals surface area contributed by atoms with Crippen LogP contribution >= 0.6 is 0 Å². The molecule has 0 aliphatic heterocycles. The Morgan fingerprint density at radius 2 is 0.817 bits per heavy atom. The van der Waals surface area contributed by atoms with Crippen molar-refractivity contribution in [2.24, 2.45) is 11.8 Å². The van der Waals surface area contributed by atoms with Crippen molar-refractivity contribution in [2.45, 2.75) is 323 Å². The number of carboxylic acids is 1. The van der Waals surface area contributed by atoms with Crippen molar-refractivity contribution in [3.63, 3.8) is 0 Å². The van der Waals surface area contributed by atoms with Gasteiger partial charge in [-0.05, 0) is 89.9 Å². The van der Waals surface area contributed by atoms with Gasteiger partial charge in [0.2, 0.25) is 0 Å². The monoisotopic (exact) mass is 1200 g/mol. The second-order valence-corrected chi connectivity index (χ2v) is 23.7. The van der Waals surface area contributed by atoms with Gasteiger partial charge in [0.15, 0.2) is 11.4 Å². The number of rotatable bonds is 53. The molecule has 0 aliphatic carbocycles. The summed E-state index contributed by atoms with van der Waals surface area (Å²) in [4.78, 5) is 69.5. The van der Waals surface area contributed by atoms with Crippen LogP contribution in [0.3, 0.4) is 0 Å². The molecular formula is C64H121NaO16S. The molecule has 0 saturated carbocycles. The number of ether oxygens (including phenoxy) is 5. The number of hydrogen-bond acceptors (Lipinski definition) is 14. The number of esters is 5. The molecule has 0 rings (SSSR count). The Bertz CT molecular complexity index is 1660. The Morgan fingerprint density at radius 3 is 1.22 bits per heavy atom. The van der Waals surface area contributed by atoms with Gasteiger partial charge in [0.05, 0.1) is 32.3 Å². The number of allylic oxidation sites excluding steroid dienone is 2. The molecule has 3 N–H and O–H groups in total. The van der Waals surface area contributed by atoms with E-state index < -0.39 is 64.3 Å². The average molecular weight is 1200 g/mol. The number of aliphatic hydroxyl groups excluding tert-OH is 1. The summed E-state index contributed by atoms with van der Waals surface area (Å²) in [5.41, 5.74) is 0. The molecule has 0 saturated heterocycles. The van der Waals surface area contributed by atoms with Gasteiger partial charge in [-0.3, -0.25) is 33.3 Å². The average Bonchev–Trinajstić information content (AvgIpc) is 3.43. The van der Waals surface area contributed by atoms with Gasteiger partial charge in [0.25, 0.3) is 10.1 Å². The van der Waals surface area contributed by atoms with E-state index in [0.717, 1.165) is 89.9 Å². The number of aliphatic hydroxyl groups is 1. The molecule has 480 valence electrons. The summed E-state index contributed by atoms with van der Waals surface area (Å²) in [5, 5.41) is 15.9. The summed E-state index contributed by atoms with van der Waals surface area (Å²) >= 11 is 0. The van der Waals surface area contributed by atoms with Crippen LogP contribution in [0.15, 0.2) is 12.2 Å². The standard InChI is InChI=1S/C27H48O7.C20H38O7S.C17H34O2.Na.H/c1-2-3-4-5-6-7-8-9-10-11-12-13-14-15-16-21-27(32)34-24(22-28)23-33-26(31)20-18-17-19-25(29)30;1-5-9-11-16(7-3)14-26-19(21)13-18(28(23,24)25)20(22)27-15-17(8-4)12-10-6-2;1-4-5-6-7-8-9-10-11-12-13-14-15-17(18)19-16(2)3;;/h9-10,24,28H,2-8,11-23H2,1H3,(H,29,30);16-18H,5-15H2,1-4H3,(H,23,24,25);16H,4-15H2,1-3H3;;/b10-9-;;;;. The van der Waals surface area contributed by atoms with E-state index in [-0.39, 0.29) is 92.5 Å². The van der Waals surface area contributed by atoms with Gasteiger partial charge < -0.3 is 33.9 Å². The zero-order valence-corrected chi connectivity index (χ0v) is 53.3. The van der Waals surface area contributed by atoms with E-state index >= 15 is 0 Å². The third-order valence-corrected chi connectivity index (χ3v) is 15.0. The van der Waals surface area contributed by atoms with Crippen LogP contribution in [0.5, 0.6) is 0 Å². The molecule has 4 unspecified atom stereocenters. The van der Waals surface area contributed by atoms with Crippen molar-refractivity contribution in [1.82, 2.24) is 0 Å². The molecule has 0 aromatic rings. The zero-order valence-electron chi connectivity index (χ0n) is 52.5. The summed E-state index contributed by atoms with van der Waals surface area (Å²) in [6.07, 6.45) is 42.2. The van der Waals surface area contributed by atoms with Crippen molar-refractivity contribution in [2.75, 3.05) is 26.4 Å². The van der Waals surface area contributed by atoms with E-state index in [0.29, 0.717) is 19.3 Å². The quantitative estimate of drug-likeness (QED) is 0.0128. The Kier molecular flexibility index (Phi) is 65.9. The summed E-state index contributed by atoms with van der Waals surface area (Å²) in [7, 11) is -4.76. The second-order valence-electron chi connectivity index (χ2n) is 22.1. The van der Waals surface area contributed by atoms with Crippen LogP contribution in [-0.4, -0.2) is 132 Å². The third-order valence-electron chi connectivity index (χ3n) is 14.0. The Morgan fingerprint density at radius 1 is 0.451 bits per heavy atom. The molecule has 82 heavy (non-hydrogen) atoms. The Hall–Kier alpha value is -2.57. The van der Waals surface area contributed by atoms with Crippen molar-refractivity contribution in [1.29, 1.82) is 0 Å². The molecule has 0 aromatic heterocycles. The zero-order chi connectivity index (χ0) is 61.2. The number of carbonyl (C=O) groups is 6. The van der Waals surface area contributed by atoms with Gasteiger partial charge in [-0.2, -0.15) is 8.42 Å². The normalized spacial score (nSPS) is 12.6. The van der Waals surface area contributed by atoms with E-state index in [1.54, 1.807) is 0 Å². The maximum atomic E-state index is 12.2. The second kappa shape index (κ2) is 62.9. The van der Waals surface area contributed by atoms with Crippen molar-refractivity contribution >= 4 is 75.5 Å². The van der Waals surface area contributed by atoms with Crippen LogP contribution in [0.25, 0.3) is 0 Å². The van der Waals surface area contributed by atoms with E-state index in [2.05, 4.69) is 39.8 Å². The molecule has 0 fully saturated rings. The van der Waals surface area contributed by atoms with Crippen LogP contribution in [0, 0.1) is 11.8 Å². The summed E-state index contributed by atoms with van der Waals surface area (Å²) < 4.78 is 58.0. The number of aliphatic carboxylic acids is 1. The van der Waals surface area contributed by atoms with E-state index in [1.807, 2.05) is 27.7 Å². The van der Waals surface area contributed by atoms with Crippen LogP contribution in [-0.2, 0) is 62.6 Å². The Balaban J connectivity index is -0.000000575. The number of carboxylic acid groups (broad SMARTS) is 1. The molecule has 16 nitrogen and oxygen atoms in total. The van der Waals surface area contributed by atoms with Crippen LogP contribution in [0.4, 0.5) is 0 Å². The first-order valence-corrected chi connectivity index (χ1v) is 33.7. The van der Waals surface area contributed by atoms with Gasteiger partial charge in [0, 0.05) is 25.7 Å². The molecule has 18 heteroatoms. The van der Waals surface area contributed by atoms with Crippen molar-refractivity contribution in [3.05, 3.63) is 12.2 Å². The fourth-order valence-electron chi connectivity index (χ4n) is 8.59. The minimum absolute atomic E-state index is 0. The van der Waals surface area contributed by atoms with E-state index in [1.165, 1.54) is 116 Å². The van der Waals surface area contributed by atoms with Crippen LogP contribution < -0.4 is 0 Å². The fourth-order valence-corrected chi connectivity index (χ4v) is 9.25. The number of carbonyl (C=O) groups excluding carboxylic acids is 5. The Labute approximate surface area is 521 Å². The van der Waals surface area contributed by atoms with Gasteiger partial charge in [0.1, 0.15) is 6.61 Å².